The first-order chi connectivity index (χ1) is 8.37. The fourth-order valence-electron chi connectivity index (χ4n) is 1.45. The van der Waals surface area contributed by atoms with Gasteiger partial charge in [-0.2, -0.15) is 0 Å². The molecule has 0 aliphatic carbocycles. The van der Waals surface area contributed by atoms with Crippen LogP contribution in [0.5, 0.6) is 0 Å². The summed E-state index contributed by atoms with van der Waals surface area (Å²) in [7, 11) is 2.68. The van der Waals surface area contributed by atoms with Crippen LogP contribution in [0.2, 0.25) is 0 Å². The molecule has 0 unspecified atom stereocenters. The summed E-state index contributed by atoms with van der Waals surface area (Å²) < 4.78 is 9.85. The largest absolute Gasteiger partial charge is 0.467 e. The summed E-state index contributed by atoms with van der Waals surface area (Å²) in [5.74, 6) is -0.588. The summed E-state index contributed by atoms with van der Waals surface area (Å²) in [5.41, 5.74) is -1.75. The van der Waals surface area contributed by atoms with Crippen molar-refractivity contribution >= 4 is 12.1 Å². The van der Waals surface area contributed by atoms with Crippen LogP contribution in [0.15, 0.2) is 0 Å². The van der Waals surface area contributed by atoms with Crippen molar-refractivity contribution in [3.63, 3.8) is 0 Å². The van der Waals surface area contributed by atoms with Crippen LogP contribution in [0.25, 0.3) is 0 Å². The minimum Gasteiger partial charge on any atom is -0.467 e. The number of ether oxygens (including phenoxy) is 2. The van der Waals surface area contributed by atoms with Crippen molar-refractivity contribution < 1.29 is 24.2 Å². The van der Waals surface area contributed by atoms with E-state index >= 15 is 0 Å². The monoisotopic (exact) mass is 275 g/mol. The maximum atomic E-state index is 11.9. The zero-order chi connectivity index (χ0) is 15.4. The van der Waals surface area contributed by atoms with Crippen LogP contribution >= 0.6 is 0 Å². The zero-order valence-electron chi connectivity index (χ0n) is 12.8. The number of aliphatic hydroxyl groups is 1. The van der Waals surface area contributed by atoms with Gasteiger partial charge >= 0.3 is 12.1 Å². The molecular formula is C13H25NO5. The summed E-state index contributed by atoms with van der Waals surface area (Å²) >= 11 is 0. The van der Waals surface area contributed by atoms with Gasteiger partial charge in [-0.05, 0) is 34.6 Å². The molecule has 0 rings (SSSR count). The average Bonchev–Trinajstić information content (AvgIpc) is 2.20. The number of amides is 1. The van der Waals surface area contributed by atoms with Gasteiger partial charge in [0.1, 0.15) is 11.6 Å². The second-order valence-electron chi connectivity index (χ2n) is 6.15. The molecular weight excluding hydrogens is 250 g/mol. The van der Waals surface area contributed by atoms with Crippen molar-refractivity contribution in [3.8, 4) is 0 Å². The Kier molecular flexibility index (Phi) is 5.81. The number of esters is 1. The fraction of sp³-hybridized carbons (Fsp3) is 0.846. The molecule has 112 valence electrons. The van der Waals surface area contributed by atoms with Gasteiger partial charge in [-0.1, -0.05) is 0 Å². The summed E-state index contributed by atoms with van der Waals surface area (Å²) in [4.78, 5) is 24.8. The van der Waals surface area contributed by atoms with Gasteiger partial charge in [0.25, 0.3) is 0 Å². The molecule has 0 radical (unpaired) electrons. The number of rotatable bonds is 4. The molecule has 0 saturated heterocycles. The van der Waals surface area contributed by atoms with E-state index in [9.17, 15) is 14.7 Å². The molecule has 0 aliphatic heterocycles. The zero-order valence-corrected chi connectivity index (χ0v) is 12.8. The molecule has 0 aromatic rings. The minimum atomic E-state index is -1.10. The Labute approximate surface area is 114 Å². The number of hydrogen-bond donors (Lipinski definition) is 1. The minimum absolute atomic E-state index is 0.0649. The lowest BCUT2D eigenvalue weighted by atomic mass is 9.98. The lowest BCUT2D eigenvalue weighted by molar-refractivity contribution is -0.148. The highest BCUT2D eigenvalue weighted by Gasteiger charge is 2.34. The Balaban J connectivity index is 4.96. The topological polar surface area (TPSA) is 76.1 Å². The summed E-state index contributed by atoms with van der Waals surface area (Å²) in [6, 6.07) is -0.889. The van der Waals surface area contributed by atoms with Gasteiger partial charge in [0.15, 0.2) is 0 Å². The van der Waals surface area contributed by atoms with E-state index in [2.05, 4.69) is 4.74 Å². The predicted octanol–water partition coefficient (Wildman–Crippen LogP) is 1.56. The van der Waals surface area contributed by atoms with Crippen LogP contribution in [0.1, 0.15) is 41.0 Å². The van der Waals surface area contributed by atoms with E-state index in [1.165, 1.54) is 14.2 Å². The highest BCUT2D eigenvalue weighted by molar-refractivity contribution is 5.81. The van der Waals surface area contributed by atoms with E-state index in [-0.39, 0.29) is 6.42 Å². The molecule has 0 spiro atoms. The molecule has 0 aromatic carbocycles. The highest BCUT2D eigenvalue weighted by atomic mass is 16.6. The Morgan fingerprint density at radius 3 is 2.00 bits per heavy atom. The molecule has 6 heteroatoms. The SMILES string of the molecule is COC(=O)[C@H](CC(C)(C)O)N(C)C(=O)OC(C)(C)C. The van der Waals surface area contributed by atoms with Crippen molar-refractivity contribution in [2.75, 3.05) is 14.2 Å². The maximum Gasteiger partial charge on any atom is 0.410 e. The van der Waals surface area contributed by atoms with Crippen LogP contribution < -0.4 is 0 Å². The summed E-state index contributed by atoms with van der Waals surface area (Å²) in [6.45, 7) is 8.34. The predicted molar refractivity (Wildman–Crippen MR) is 70.7 cm³/mol. The molecule has 0 heterocycles. The molecule has 0 aromatic heterocycles. The van der Waals surface area contributed by atoms with Crippen molar-refractivity contribution in [1.82, 2.24) is 4.90 Å². The molecule has 0 bridgehead atoms. The summed E-state index contributed by atoms with van der Waals surface area (Å²) in [6.07, 6.45) is -0.567. The van der Waals surface area contributed by atoms with E-state index in [4.69, 9.17) is 4.74 Å². The second kappa shape index (κ2) is 6.23. The Morgan fingerprint density at radius 2 is 1.68 bits per heavy atom. The lowest BCUT2D eigenvalue weighted by Gasteiger charge is -2.32. The van der Waals surface area contributed by atoms with Gasteiger partial charge in [-0.3, -0.25) is 4.90 Å². The first-order valence-corrected chi connectivity index (χ1v) is 6.13. The van der Waals surface area contributed by atoms with Gasteiger partial charge in [0, 0.05) is 13.5 Å². The first-order valence-electron chi connectivity index (χ1n) is 6.13. The van der Waals surface area contributed by atoms with E-state index in [1.54, 1.807) is 34.6 Å². The van der Waals surface area contributed by atoms with E-state index in [0.29, 0.717) is 0 Å². The van der Waals surface area contributed by atoms with Crippen molar-refractivity contribution in [2.24, 2.45) is 0 Å². The van der Waals surface area contributed by atoms with Crippen LogP contribution in [-0.4, -0.2) is 53.5 Å². The van der Waals surface area contributed by atoms with Crippen molar-refractivity contribution in [2.45, 2.75) is 58.3 Å². The molecule has 1 amide bonds. The van der Waals surface area contributed by atoms with E-state index in [0.717, 1.165) is 4.90 Å². The van der Waals surface area contributed by atoms with E-state index in [1.807, 2.05) is 0 Å². The number of carbonyl (C=O) groups excluding carboxylic acids is 2. The Morgan fingerprint density at radius 1 is 1.21 bits per heavy atom. The van der Waals surface area contributed by atoms with Crippen molar-refractivity contribution in [3.05, 3.63) is 0 Å². The van der Waals surface area contributed by atoms with E-state index < -0.39 is 29.3 Å². The van der Waals surface area contributed by atoms with Gasteiger partial charge in [-0.25, -0.2) is 9.59 Å². The van der Waals surface area contributed by atoms with Gasteiger partial charge in [-0.15, -0.1) is 0 Å². The normalized spacial score (nSPS) is 13.7. The second-order valence-corrected chi connectivity index (χ2v) is 6.15. The highest BCUT2D eigenvalue weighted by Crippen LogP contribution is 2.18. The summed E-state index contributed by atoms with van der Waals surface area (Å²) in [5, 5.41) is 9.81. The lowest BCUT2D eigenvalue weighted by Crippen LogP contribution is -2.48. The van der Waals surface area contributed by atoms with Gasteiger partial charge in [0.05, 0.1) is 12.7 Å². The first kappa shape index (κ1) is 17.7. The van der Waals surface area contributed by atoms with Crippen LogP contribution in [0, 0.1) is 0 Å². The maximum absolute atomic E-state index is 11.9. The third kappa shape index (κ3) is 7.00. The van der Waals surface area contributed by atoms with Crippen LogP contribution in [0.3, 0.4) is 0 Å². The fourth-order valence-corrected chi connectivity index (χ4v) is 1.45. The smallest absolute Gasteiger partial charge is 0.410 e. The third-order valence-electron chi connectivity index (χ3n) is 2.32. The third-order valence-corrected chi connectivity index (χ3v) is 2.32. The molecule has 1 atom stereocenters. The number of hydrogen-bond acceptors (Lipinski definition) is 5. The van der Waals surface area contributed by atoms with Crippen LogP contribution in [-0.2, 0) is 14.3 Å². The molecule has 0 saturated carbocycles. The molecule has 1 N–H and O–H groups in total. The van der Waals surface area contributed by atoms with Crippen molar-refractivity contribution in [1.29, 1.82) is 0 Å². The van der Waals surface area contributed by atoms with Crippen LogP contribution in [0.4, 0.5) is 4.79 Å². The molecule has 19 heavy (non-hydrogen) atoms. The average molecular weight is 275 g/mol. The standard InChI is InChI=1S/C13H25NO5/c1-12(2,3)19-11(16)14(6)9(10(15)18-7)8-13(4,5)17/h9,17H,8H2,1-7H3/t9-/m0/s1. The molecule has 0 fully saturated rings. The molecule has 0 aliphatic rings. The Bertz CT molecular complexity index is 327. The quantitative estimate of drug-likeness (QED) is 0.788. The number of carbonyl (C=O) groups is 2. The number of likely N-dealkylation sites (N-methyl/N-ethyl adjacent to an activating group) is 1. The number of nitrogens with zero attached hydrogens (tertiary/aromatic N) is 1. The van der Waals surface area contributed by atoms with Gasteiger partial charge < -0.3 is 14.6 Å². The van der Waals surface area contributed by atoms with Gasteiger partial charge in [0.2, 0.25) is 0 Å². The number of methoxy groups -OCH3 is 1. The molecule has 6 nitrogen and oxygen atoms in total. The Hall–Kier alpha value is -1.30.